The molecule has 124 valence electrons. The average Bonchev–Trinajstić information content (AvgIpc) is 3.19. The Bertz CT molecular complexity index is 600. The molecule has 0 aromatic heterocycles. The molecule has 2 amide bonds. The fourth-order valence-electron chi connectivity index (χ4n) is 3.04. The van der Waals surface area contributed by atoms with Gasteiger partial charge < -0.3 is 15.1 Å². The molecule has 2 heterocycles. The maximum Gasteiger partial charge on any atom is 0.281 e. The minimum absolute atomic E-state index is 0.0354. The summed E-state index contributed by atoms with van der Waals surface area (Å²) >= 11 is 1.33. The Hall–Kier alpha value is -1.69. The van der Waals surface area contributed by atoms with Crippen LogP contribution in [0.2, 0.25) is 0 Å². The monoisotopic (exact) mass is 333 g/mol. The van der Waals surface area contributed by atoms with Crippen molar-refractivity contribution in [3.8, 4) is 0 Å². The summed E-state index contributed by atoms with van der Waals surface area (Å²) in [4.78, 5) is 27.7. The maximum absolute atomic E-state index is 12.1. The number of rotatable bonds is 5. The topological polar surface area (TPSA) is 52.7 Å². The van der Waals surface area contributed by atoms with Gasteiger partial charge in [-0.15, -0.1) is 0 Å². The molecule has 0 bridgehead atoms. The lowest BCUT2D eigenvalue weighted by Gasteiger charge is -2.19. The first-order chi connectivity index (χ1) is 11.1. The van der Waals surface area contributed by atoms with Crippen molar-refractivity contribution in [2.75, 3.05) is 42.1 Å². The van der Waals surface area contributed by atoms with Crippen LogP contribution in [0.25, 0.3) is 0 Å². The van der Waals surface area contributed by atoms with Crippen molar-refractivity contribution in [2.45, 2.75) is 26.2 Å². The zero-order valence-electron chi connectivity index (χ0n) is 13.5. The first-order valence-electron chi connectivity index (χ1n) is 8.20. The summed E-state index contributed by atoms with van der Waals surface area (Å²) in [7, 11) is 0. The number of anilines is 2. The van der Waals surface area contributed by atoms with Crippen molar-refractivity contribution in [1.82, 2.24) is 4.90 Å². The Kier molecular flexibility index (Phi) is 5.10. The highest BCUT2D eigenvalue weighted by atomic mass is 32.2. The fraction of sp³-hybridized carbons (Fsp3) is 0.529. The van der Waals surface area contributed by atoms with Gasteiger partial charge in [-0.25, -0.2) is 0 Å². The van der Waals surface area contributed by atoms with Gasteiger partial charge in [-0.05, 0) is 43.5 Å². The molecule has 2 saturated heterocycles. The molecular weight excluding hydrogens is 310 g/mol. The van der Waals surface area contributed by atoms with E-state index in [-0.39, 0.29) is 11.1 Å². The van der Waals surface area contributed by atoms with Crippen molar-refractivity contribution < 1.29 is 9.59 Å². The number of carbonyl (C=O) groups excluding carboxylic acids is 2. The minimum atomic E-state index is -0.0354. The summed E-state index contributed by atoms with van der Waals surface area (Å²) in [6, 6.07) is 6.20. The van der Waals surface area contributed by atoms with Crippen LogP contribution < -0.4 is 10.2 Å². The Balaban J connectivity index is 1.54. The van der Waals surface area contributed by atoms with E-state index in [0.29, 0.717) is 13.0 Å². The number of nitrogens with one attached hydrogen (secondary N) is 1. The van der Waals surface area contributed by atoms with Crippen molar-refractivity contribution in [1.29, 1.82) is 0 Å². The highest BCUT2D eigenvalue weighted by molar-refractivity contribution is 8.13. The highest BCUT2D eigenvalue weighted by Crippen LogP contribution is 2.25. The second kappa shape index (κ2) is 7.25. The molecule has 0 spiro atoms. The Morgan fingerprint density at radius 2 is 2.04 bits per heavy atom. The van der Waals surface area contributed by atoms with Crippen molar-refractivity contribution >= 4 is 34.3 Å². The molecule has 0 atom stereocenters. The maximum atomic E-state index is 12.1. The molecule has 23 heavy (non-hydrogen) atoms. The lowest BCUT2D eigenvalue weighted by molar-refractivity contribution is -0.116. The largest absolute Gasteiger partial charge is 0.372 e. The zero-order valence-corrected chi connectivity index (χ0v) is 14.3. The SMILES string of the molecule is Cc1cc(N2CCCC2)ccc1NC(=O)CCN1CCSC1=O. The molecule has 3 rings (SSSR count). The van der Waals surface area contributed by atoms with E-state index in [1.807, 2.05) is 13.0 Å². The normalized spacial score (nSPS) is 17.9. The van der Waals surface area contributed by atoms with Crippen LogP contribution in [0.5, 0.6) is 0 Å². The molecule has 1 N–H and O–H groups in total. The van der Waals surface area contributed by atoms with Crippen LogP contribution in [-0.4, -0.2) is 48.0 Å². The van der Waals surface area contributed by atoms with Crippen LogP contribution in [0.3, 0.4) is 0 Å². The summed E-state index contributed by atoms with van der Waals surface area (Å²) in [6.45, 7) is 5.51. The van der Waals surface area contributed by atoms with Gasteiger partial charge in [0, 0.05) is 49.7 Å². The Morgan fingerprint density at radius 3 is 2.70 bits per heavy atom. The van der Waals surface area contributed by atoms with Gasteiger partial charge in [0.25, 0.3) is 5.24 Å². The molecule has 2 aliphatic heterocycles. The van der Waals surface area contributed by atoms with E-state index in [4.69, 9.17) is 0 Å². The van der Waals surface area contributed by atoms with Gasteiger partial charge in [0.15, 0.2) is 0 Å². The van der Waals surface area contributed by atoms with Crippen LogP contribution >= 0.6 is 11.8 Å². The number of benzene rings is 1. The third kappa shape index (κ3) is 3.99. The number of amides is 2. The van der Waals surface area contributed by atoms with Crippen molar-refractivity contribution in [3.63, 3.8) is 0 Å². The second-order valence-electron chi connectivity index (χ2n) is 6.09. The van der Waals surface area contributed by atoms with Gasteiger partial charge in [-0.3, -0.25) is 9.59 Å². The van der Waals surface area contributed by atoms with Gasteiger partial charge in [0.1, 0.15) is 0 Å². The molecule has 2 aliphatic rings. The minimum Gasteiger partial charge on any atom is -0.372 e. The number of nitrogens with zero attached hydrogens (tertiary/aromatic N) is 2. The standard InChI is InChI=1S/C17H23N3O2S/c1-13-12-14(19-7-2-3-8-19)4-5-15(13)18-16(21)6-9-20-10-11-23-17(20)22/h4-5,12H,2-3,6-11H2,1H3,(H,18,21). The van der Waals surface area contributed by atoms with Crippen molar-refractivity contribution in [3.05, 3.63) is 23.8 Å². The first-order valence-corrected chi connectivity index (χ1v) is 9.19. The van der Waals surface area contributed by atoms with E-state index in [9.17, 15) is 9.59 Å². The predicted molar refractivity (Wildman–Crippen MR) is 95.3 cm³/mol. The average molecular weight is 333 g/mol. The first kappa shape index (κ1) is 16.2. The summed E-state index contributed by atoms with van der Waals surface area (Å²) < 4.78 is 0. The molecule has 5 nitrogen and oxygen atoms in total. The second-order valence-corrected chi connectivity index (χ2v) is 7.14. The van der Waals surface area contributed by atoms with Crippen LogP contribution in [0, 0.1) is 6.92 Å². The zero-order chi connectivity index (χ0) is 16.2. The van der Waals surface area contributed by atoms with Gasteiger partial charge in [-0.2, -0.15) is 0 Å². The quantitative estimate of drug-likeness (QED) is 0.900. The molecule has 6 heteroatoms. The number of thioether (sulfide) groups is 1. The van der Waals surface area contributed by atoms with Crippen LogP contribution in [0.4, 0.5) is 16.2 Å². The Labute approximate surface area is 141 Å². The summed E-state index contributed by atoms with van der Waals surface area (Å²) in [5.41, 5.74) is 3.17. The molecule has 0 aliphatic carbocycles. The molecule has 0 radical (unpaired) electrons. The lowest BCUT2D eigenvalue weighted by atomic mass is 10.1. The van der Waals surface area contributed by atoms with Crippen LogP contribution in [-0.2, 0) is 4.79 Å². The molecule has 1 aromatic carbocycles. The molecule has 2 fully saturated rings. The van der Waals surface area contributed by atoms with E-state index < -0.39 is 0 Å². The number of aryl methyl sites for hydroxylation is 1. The molecular formula is C17H23N3O2S. The smallest absolute Gasteiger partial charge is 0.281 e. The molecule has 1 aromatic rings. The predicted octanol–water partition coefficient (Wildman–Crippen LogP) is 3.09. The lowest BCUT2D eigenvalue weighted by Crippen LogP contribution is -2.27. The third-order valence-electron chi connectivity index (χ3n) is 4.41. The van der Waals surface area contributed by atoms with E-state index in [0.717, 1.165) is 36.6 Å². The number of carbonyl (C=O) groups is 2. The van der Waals surface area contributed by atoms with E-state index in [1.165, 1.54) is 30.3 Å². The fourth-order valence-corrected chi connectivity index (χ4v) is 3.89. The van der Waals surface area contributed by atoms with Gasteiger partial charge in [0.05, 0.1) is 0 Å². The Morgan fingerprint density at radius 1 is 1.26 bits per heavy atom. The van der Waals surface area contributed by atoms with Crippen molar-refractivity contribution in [2.24, 2.45) is 0 Å². The highest BCUT2D eigenvalue weighted by Gasteiger charge is 2.21. The van der Waals surface area contributed by atoms with Gasteiger partial charge >= 0.3 is 0 Å². The molecule has 0 saturated carbocycles. The number of hydrogen-bond donors (Lipinski definition) is 1. The summed E-state index contributed by atoms with van der Waals surface area (Å²) in [5.74, 6) is 0.795. The summed E-state index contributed by atoms with van der Waals surface area (Å²) in [6.07, 6.45) is 2.86. The van der Waals surface area contributed by atoms with Gasteiger partial charge in [0.2, 0.25) is 5.91 Å². The summed E-state index contributed by atoms with van der Waals surface area (Å²) in [5, 5.41) is 3.05. The van der Waals surface area contributed by atoms with E-state index >= 15 is 0 Å². The third-order valence-corrected chi connectivity index (χ3v) is 5.30. The van der Waals surface area contributed by atoms with E-state index in [1.54, 1.807) is 4.90 Å². The number of hydrogen-bond acceptors (Lipinski definition) is 4. The molecule has 0 unspecified atom stereocenters. The van der Waals surface area contributed by atoms with Crippen LogP contribution in [0.15, 0.2) is 18.2 Å². The van der Waals surface area contributed by atoms with Gasteiger partial charge in [-0.1, -0.05) is 11.8 Å². The van der Waals surface area contributed by atoms with Crippen LogP contribution in [0.1, 0.15) is 24.8 Å². The van der Waals surface area contributed by atoms with E-state index in [2.05, 4.69) is 22.3 Å².